The molecule has 20 heavy (non-hydrogen) atoms. The largest absolute Gasteiger partial charge is 0.465 e. The molecule has 104 valence electrons. The van der Waals surface area contributed by atoms with Gasteiger partial charge in [0.1, 0.15) is 5.92 Å². The smallest absolute Gasteiger partial charge is 0.315 e. The van der Waals surface area contributed by atoms with Gasteiger partial charge in [0.25, 0.3) is 0 Å². The van der Waals surface area contributed by atoms with Gasteiger partial charge in [-0.05, 0) is 24.1 Å². The van der Waals surface area contributed by atoms with E-state index in [4.69, 9.17) is 10.5 Å². The zero-order chi connectivity index (χ0) is 14.4. The van der Waals surface area contributed by atoms with E-state index in [9.17, 15) is 4.79 Å². The van der Waals surface area contributed by atoms with E-state index in [1.807, 2.05) is 42.5 Å². The normalized spacial score (nSPS) is 13.5. The number of aromatic nitrogens is 1. The van der Waals surface area contributed by atoms with Crippen LogP contribution in [0.25, 0.3) is 0 Å². The molecule has 1 heterocycles. The molecule has 0 saturated carbocycles. The summed E-state index contributed by atoms with van der Waals surface area (Å²) in [5.74, 6) is -0.838. The minimum Gasteiger partial charge on any atom is -0.465 e. The standard InChI is InChI=1S/C16H18N2O2/c1-2-20-16(19)14(12-7-4-3-5-8-12)15(17)13-9-6-10-18-11-13/h3-11,14-15H,2,17H2,1H3. The first-order valence-corrected chi connectivity index (χ1v) is 6.61. The van der Waals surface area contributed by atoms with E-state index in [2.05, 4.69) is 4.98 Å². The molecular weight excluding hydrogens is 252 g/mol. The van der Waals surface area contributed by atoms with Gasteiger partial charge in [-0.15, -0.1) is 0 Å². The Bertz CT molecular complexity index is 543. The van der Waals surface area contributed by atoms with Gasteiger partial charge >= 0.3 is 5.97 Å². The number of hydrogen-bond acceptors (Lipinski definition) is 4. The van der Waals surface area contributed by atoms with Crippen molar-refractivity contribution in [2.24, 2.45) is 5.73 Å². The third kappa shape index (κ3) is 3.22. The third-order valence-corrected chi connectivity index (χ3v) is 3.13. The van der Waals surface area contributed by atoms with Crippen LogP contribution in [0.3, 0.4) is 0 Å². The highest BCUT2D eigenvalue weighted by Crippen LogP contribution is 2.29. The Labute approximate surface area is 118 Å². The summed E-state index contributed by atoms with van der Waals surface area (Å²) in [5.41, 5.74) is 7.93. The van der Waals surface area contributed by atoms with Crippen LogP contribution in [0.5, 0.6) is 0 Å². The lowest BCUT2D eigenvalue weighted by molar-refractivity contribution is -0.145. The molecule has 2 N–H and O–H groups in total. The fourth-order valence-corrected chi connectivity index (χ4v) is 2.15. The Morgan fingerprint density at radius 2 is 1.90 bits per heavy atom. The van der Waals surface area contributed by atoms with Crippen molar-refractivity contribution in [2.75, 3.05) is 6.61 Å². The molecule has 2 unspecified atom stereocenters. The van der Waals surface area contributed by atoms with E-state index in [0.717, 1.165) is 11.1 Å². The molecule has 2 atom stereocenters. The molecule has 2 rings (SSSR count). The predicted molar refractivity (Wildman–Crippen MR) is 77.0 cm³/mol. The number of rotatable bonds is 5. The first-order valence-electron chi connectivity index (χ1n) is 6.61. The summed E-state index contributed by atoms with van der Waals surface area (Å²) >= 11 is 0. The molecule has 0 aliphatic rings. The molecule has 1 aromatic carbocycles. The maximum absolute atomic E-state index is 12.2. The summed E-state index contributed by atoms with van der Waals surface area (Å²) in [7, 11) is 0. The fourth-order valence-electron chi connectivity index (χ4n) is 2.15. The number of esters is 1. The van der Waals surface area contributed by atoms with Crippen LogP contribution < -0.4 is 5.73 Å². The fraction of sp³-hybridized carbons (Fsp3) is 0.250. The van der Waals surface area contributed by atoms with E-state index in [-0.39, 0.29) is 5.97 Å². The second-order valence-electron chi connectivity index (χ2n) is 4.45. The number of ether oxygens (including phenoxy) is 1. The topological polar surface area (TPSA) is 65.2 Å². The van der Waals surface area contributed by atoms with Crippen LogP contribution in [0.15, 0.2) is 54.9 Å². The molecule has 2 aromatic rings. The zero-order valence-corrected chi connectivity index (χ0v) is 11.4. The van der Waals surface area contributed by atoms with Crippen LogP contribution in [0.1, 0.15) is 30.0 Å². The monoisotopic (exact) mass is 270 g/mol. The molecule has 0 amide bonds. The van der Waals surface area contributed by atoms with Crippen LogP contribution in [-0.4, -0.2) is 17.6 Å². The quantitative estimate of drug-likeness (QED) is 0.847. The molecule has 4 nitrogen and oxygen atoms in total. The van der Waals surface area contributed by atoms with Crippen LogP contribution in [0, 0.1) is 0 Å². The molecule has 1 aromatic heterocycles. The number of hydrogen-bond donors (Lipinski definition) is 1. The SMILES string of the molecule is CCOC(=O)C(c1ccccc1)C(N)c1cccnc1. The van der Waals surface area contributed by atoms with E-state index < -0.39 is 12.0 Å². The lowest BCUT2D eigenvalue weighted by Gasteiger charge is -2.22. The molecule has 0 fully saturated rings. The van der Waals surface area contributed by atoms with Crippen LogP contribution in [-0.2, 0) is 9.53 Å². The number of pyridine rings is 1. The second kappa shape index (κ2) is 6.82. The van der Waals surface area contributed by atoms with Gasteiger partial charge in [0.15, 0.2) is 0 Å². The number of carbonyl (C=O) groups excluding carboxylic acids is 1. The highest BCUT2D eigenvalue weighted by Gasteiger charge is 2.29. The van der Waals surface area contributed by atoms with E-state index >= 15 is 0 Å². The molecule has 4 heteroatoms. The third-order valence-electron chi connectivity index (χ3n) is 3.13. The second-order valence-corrected chi connectivity index (χ2v) is 4.45. The lowest BCUT2D eigenvalue weighted by atomic mass is 9.88. The summed E-state index contributed by atoms with van der Waals surface area (Å²) in [5, 5.41) is 0. The van der Waals surface area contributed by atoms with Crippen molar-refractivity contribution >= 4 is 5.97 Å². The van der Waals surface area contributed by atoms with Gasteiger partial charge in [0, 0.05) is 18.4 Å². The minimum atomic E-state index is -0.527. The van der Waals surface area contributed by atoms with Gasteiger partial charge in [0.2, 0.25) is 0 Å². The van der Waals surface area contributed by atoms with Gasteiger partial charge in [-0.25, -0.2) is 0 Å². The van der Waals surface area contributed by atoms with Crippen LogP contribution in [0.2, 0.25) is 0 Å². The van der Waals surface area contributed by atoms with Gasteiger partial charge in [0.05, 0.1) is 6.61 Å². The maximum atomic E-state index is 12.2. The van der Waals surface area contributed by atoms with Gasteiger partial charge in [-0.2, -0.15) is 0 Å². The van der Waals surface area contributed by atoms with Crippen molar-refractivity contribution in [2.45, 2.75) is 18.9 Å². The van der Waals surface area contributed by atoms with Crippen molar-refractivity contribution in [3.63, 3.8) is 0 Å². The highest BCUT2D eigenvalue weighted by molar-refractivity contribution is 5.79. The summed E-state index contributed by atoms with van der Waals surface area (Å²) in [6.07, 6.45) is 3.36. The Morgan fingerprint density at radius 3 is 2.50 bits per heavy atom. The molecule has 0 bridgehead atoms. The van der Waals surface area contributed by atoms with Crippen molar-refractivity contribution in [3.05, 3.63) is 66.0 Å². The molecule has 0 saturated heterocycles. The predicted octanol–water partition coefficient (Wildman–Crippen LogP) is 2.43. The summed E-state index contributed by atoms with van der Waals surface area (Å²) in [6, 6.07) is 12.6. The molecule has 0 radical (unpaired) electrons. The summed E-state index contributed by atoms with van der Waals surface area (Å²) in [4.78, 5) is 16.3. The van der Waals surface area contributed by atoms with E-state index in [1.165, 1.54) is 0 Å². The molecule has 0 aliphatic heterocycles. The number of carbonyl (C=O) groups is 1. The van der Waals surface area contributed by atoms with Crippen molar-refractivity contribution < 1.29 is 9.53 Å². The lowest BCUT2D eigenvalue weighted by Crippen LogP contribution is -2.28. The number of nitrogens with two attached hydrogens (primary N) is 1. The number of nitrogens with zero attached hydrogens (tertiary/aromatic N) is 1. The molecular formula is C16H18N2O2. The molecule has 0 spiro atoms. The van der Waals surface area contributed by atoms with Crippen molar-refractivity contribution in [3.8, 4) is 0 Å². The summed E-state index contributed by atoms with van der Waals surface area (Å²) in [6.45, 7) is 2.12. The van der Waals surface area contributed by atoms with Crippen LogP contribution in [0.4, 0.5) is 0 Å². The van der Waals surface area contributed by atoms with Gasteiger partial charge in [-0.3, -0.25) is 9.78 Å². The molecule has 0 aliphatic carbocycles. The van der Waals surface area contributed by atoms with Crippen LogP contribution >= 0.6 is 0 Å². The van der Waals surface area contributed by atoms with Crippen molar-refractivity contribution in [1.82, 2.24) is 4.98 Å². The number of benzene rings is 1. The average Bonchev–Trinajstić information content (AvgIpc) is 2.50. The maximum Gasteiger partial charge on any atom is 0.315 e. The van der Waals surface area contributed by atoms with E-state index in [1.54, 1.807) is 19.3 Å². The highest BCUT2D eigenvalue weighted by atomic mass is 16.5. The Hall–Kier alpha value is -2.20. The van der Waals surface area contributed by atoms with E-state index in [0.29, 0.717) is 6.61 Å². The Morgan fingerprint density at radius 1 is 1.20 bits per heavy atom. The first-order chi connectivity index (χ1) is 9.74. The van der Waals surface area contributed by atoms with Gasteiger partial charge in [-0.1, -0.05) is 36.4 Å². The first kappa shape index (κ1) is 14.2. The Kier molecular flexibility index (Phi) is 4.85. The summed E-state index contributed by atoms with van der Waals surface area (Å²) < 4.78 is 5.16. The van der Waals surface area contributed by atoms with Crippen molar-refractivity contribution in [1.29, 1.82) is 0 Å². The average molecular weight is 270 g/mol. The Balaban J connectivity index is 2.34. The minimum absolute atomic E-state index is 0.310. The van der Waals surface area contributed by atoms with Gasteiger partial charge < -0.3 is 10.5 Å². The zero-order valence-electron chi connectivity index (χ0n) is 11.4.